The monoisotopic (exact) mass is 196 g/mol. The van der Waals surface area contributed by atoms with Gasteiger partial charge in [-0.3, -0.25) is 20.2 Å². The Morgan fingerprint density at radius 3 is 2.43 bits per heavy atom. The van der Waals surface area contributed by atoms with Gasteiger partial charge in [0.05, 0.1) is 4.92 Å². The maximum absolute atomic E-state index is 10.5. The Hall–Kier alpha value is -1.98. The van der Waals surface area contributed by atoms with Crippen LogP contribution in [0.15, 0.2) is 18.2 Å². The number of nitro groups is 2. The van der Waals surface area contributed by atoms with Crippen molar-refractivity contribution in [3.8, 4) is 0 Å². The van der Waals surface area contributed by atoms with Gasteiger partial charge in [-0.1, -0.05) is 12.1 Å². The molecule has 0 atom stereocenters. The highest BCUT2D eigenvalue weighted by atomic mass is 16.6. The third kappa shape index (κ3) is 2.03. The number of hydrogen-bond donors (Lipinski definition) is 0. The van der Waals surface area contributed by atoms with Crippen LogP contribution in [0.4, 0.5) is 5.69 Å². The number of nitro benzene ring substituents is 1. The van der Waals surface area contributed by atoms with Crippen LogP contribution in [-0.2, 0) is 6.54 Å². The second kappa shape index (κ2) is 3.82. The van der Waals surface area contributed by atoms with Gasteiger partial charge >= 0.3 is 0 Å². The molecule has 0 aliphatic carbocycles. The van der Waals surface area contributed by atoms with E-state index in [1.807, 2.05) is 0 Å². The fraction of sp³-hybridized carbons (Fsp3) is 0.250. The first-order valence-corrected chi connectivity index (χ1v) is 3.87. The summed E-state index contributed by atoms with van der Waals surface area (Å²) in [4.78, 5) is 19.7. The maximum atomic E-state index is 10.5. The van der Waals surface area contributed by atoms with Crippen LogP contribution in [0.1, 0.15) is 11.1 Å². The fourth-order valence-electron chi connectivity index (χ4n) is 1.18. The normalized spacial score (nSPS) is 9.79. The summed E-state index contributed by atoms with van der Waals surface area (Å²) in [5, 5.41) is 20.7. The van der Waals surface area contributed by atoms with E-state index in [0.717, 1.165) is 0 Å². The van der Waals surface area contributed by atoms with Crippen LogP contribution in [0.2, 0.25) is 0 Å². The highest BCUT2D eigenvalue weighted by Crippen LogP contribution is 2.21. The molecular weight excluding hydrogens is 188 g/mol. The first-order chi connectivity index (χ1) is 6.52. The van der Waals surface area contributed by atoms with Gasteiger partial charge in [-0.2, -0.15) is 0 Å². The Kier molecular flexibility index (Phi) is 2.76. The molecule has 0 heterocycles. The molecule has 14 heavy (non-hydrogen) atoms. The summed E-state index contributed by atoms with van der Waals surface area (Å²) in [6.45, 7) is 1.13. The molecule has 0 N–H and O–H groups in total. The van der Waals surface area contributed by atoms with E-state index >= 15 is 0 Å². The zero-order valence-electron chi connectivity index (χ0n) is 7.47. The lowest BCUT2D eigenvalue weighted by Crippen LogP contribution is -2.02. The maximum Gasteiger partial charge on any atom is 0.272 e. The van der Waals surface area contributed by atoms with Crippen molar-refractivity contribution >= 4 is 5.69 Å². The van der Waals surface area contributed by atoms with Gasteiger partial charge in [0.1, 0.15) is 0 Å². The Bertz CT molecular complexity index is 389. The molecule has 0 radical (unpaired) electrons. The molecule has 0 fully saturated rings. The van der Waals surface area contributed by atoms with Crippen LogP contribution >= 0.6 is 0 Å². The largest absolute Gasteiger partial charge is 0.272 e. The summed E-state index contributed by atoms with van der Waals surface area (Å²) in [5.41, 5.74) is 0.655. The molecule has 6 nitrogen and oxygen atoms in total. The molecule has 1 aromatic carbocycles. The van der Waals surface area contributed by atoms with Gasteiger partial charge in [-0.05, 0) is 6.92 Å². The van der Waals surface area contributed by atoms with Crippen molar-refractivity contribution < 1.29 is 9.85 Å². The van der Waals surface area contributed by atoms with Gasteiger partial charge in [0.25, 0.3) is 5.69 Å². The second-order valence-corrected chi connectivity index (χ2v) is 2.81. The summed E-state index contributed by atoms with van der Waals surface area (Å²) < 4.78 is 0. The van der Waals surface area contributed by atoms with Gasteiger partial charge < -0.3 is 0 Å². The van der Waals surface area contributed by atoms with Gasteiger partial charge in [0.2, 0.25) is 6.54 Å². The highest BCUT2D eigenvalue weighted by Gasteiger charge is 2.15. The van der Waals surface area contributed by atoms with E-state index in [2.05, 4.69) is 0 Å². The van der Waals surface area contributed by atoms with E-state index in [-0.39, 0.29) is 12.2 Å². The molecule has 0 spiro atoms. The molecule has 6 heteroatoms. The minimum absolute atomic E-state index is 0.0793. The van der Waals surface area contributed by atoms with Crippen LogP contribution < -0.4 is 0 Å². The van der Waals surface area contributed by atoms with E-state index < -0.39 is 9.85 Å². The molecule has 0 amide bonds. The molecule has 74 valence electrons. The standard InChI is InChI=1S/C8H8N2O4/c1-6-7(5-9(11)12)3-2-4-8(6)10(13)14/h2-4H,5H2,1H3. The third-order valence-electron chi connectivity index (χ3n) is 1.91. The number of nitrogens with zero attached hydrogens (tertiary/aromatic N) is 2. The van der Waals surface area contributed by atoms with Gasteiger partial charge in [0.15, 0.2) is 0 Å². The molecule has 1 aromatic rings. The number of rotatable bonds is 3. The van der Waals surface area contributed by atoms with Crippen molar-refractivity contribution in [2.75, 3.05) is 0 Å². The second-order valence-electron chi connectivity index (χ2n) is 2.81. The van der Waals surface area contributed by atoms with Crippen molar-refractivity contribution in [1.82, 2.24) is 0 Å². The van der Waals surface area contributed by atoms with E-state index in [0.29, 0.717) is 11.1 Å². The molecule has 0 aromatic heterocycles. The smallest absolute Gasteiger partial charge is 0.264 e. The fourth-order valence-corrected chi connectivity index (χ4v) is 1.18. The summed E-state index contributed by atoms with van der Waals surface area (Å²) in [7, 11) is 0. The Labute approximate surface area is 79.5 Å². The first-order valence-electron chi connectivity index (χ1n) is 3.87. The quantitative estimate of drug-likeness (QED) is 0.543. The van der Waals surface area contributed by atoms with Crippen LogP contribution in [-0.4, -0.2) is 9.85 Å². The molecule has 0 aliphatic rings. The molecule has 0 aliphatic heterocycles. The molecule has 0 unspecified atom stereocenters. The SMILES string of the molecule is Cc1c(C[N+](=O)[O-])cccc1[N+](=O)[O-]. The lowest BCUT2D eigenvalue weighted by Gasteiger charge is -2.01. The predicted octanol–water partition coefficient (Wildman–Crippen LogP) is 1.68. The predicted molar refractivity (Wildman–Crippen MR) is 48.5 cm³/mol. The van der Waals surface area contributed by atoms with Crippen molar-refractivity contribution in [1.29, 1.82) is 0 Å². The molecule has 1 rings (SSSR count). The Balaban J connectivity index is 3.13. The minimum atomic E-state index is -0.543. The summed E-state index contributed by atoms with van der Waals surface area (Å²) in [6, 6.07) is 4.30. The average Bonchev–Trinajstić information content (AvgIpc) is 2.07. The van der Waals surface area contributed by atoms with E-state index in [9.17, 15) is 20.2 Å². The van der Waals surface area contributed by atoms with Crippen LogP contribution in [0.5, 0.6) is 0 Å². The topological polar surface area (TPSA) is 86.3 Å². The summed E-state index contributed by atoms with van der Waals surface area (Å²) in [5.74, 6) is 0. The van der Waals surface area contributed by atoms with Crippen molar-refractivity contribution in [2.45, 2.75) is 13.5 Å². The van der Waals surface area contributed by atoms with Crippen LogP contribution in [0, 0.1) is 27.2 Å². The highest BCUT2D eigenvalue weighted by molar-refractivity contribution is 5.44. The van der Waals surface area contributed by atoms with Gasteiger partial charge in [0, 0.05) is 22.1 Å². The number of benzene rings is 1. The average molecular weight is 196 g/mol. The summed E-state index contributed by atoms with van der Waals surface area (Å²) >= 11 is 0. The van der Waals surface area contributed by atoms with Gasteiger partial charge in [-0.25, -0.2) is 0 Å². The van der Waals surface area contributed by atoms with Crippen molar-refractivity contribution in [3.63, 3.8) is 0 Å². The zero-order valence-corrected chi connectivity index (χ0v) is 7.47. The Morgan fingerprint density at radius 2 is 1.93 bits per heavy atom. The lowest BCUT2D eigenvalue weighted by atomic mass is 10.1. The van der Waals surface area contributed by atoms with Crippen molar-refractivity contribution in [2.24, 2.45) is 0 Å². The van der Waals surface area contributed by atoms with E-state index in [4.69, 9.17) is 0 Å². The summed E-state index contributed by atoms with van der Waals surface area (Å²) in [6.07, 6.45) is 0. The van der Waals surface area contributed by atoms with E-state index in [1.54, 1.807) is 0 Å². The third-order valence-corrected chi connectivity index (χ3v) is 1.91. The first kappa shape index (κ1) is 10.1. The lowest BCUT2D eigenvalue weighted by molar-refractivity contribution is -0.497. The van der Waals surface area contributed by atoms with Gasteiger partial charge in [-0.15, -0.1) is 0 Å². The van der Waals surface area contributed by atoms with Crippen LogP contribution in [0.3, 0.4) is 0 Å². The minimum Gasteiger partial charge on any atom is -0.264 e. The molecule has 0 saturated carbocycles. The molecule has 0 bridgehead atoms. The van der Waals surface area contributed by atoms with Crippen molar-refractivity contribution in [3.05, 3.63) is 49.6 Å². The zero-order chi connectivity index (χ0) is 10.7. The Morgan fingerprint density at radius 1 is 1.29 bits per heavy atom. The van der Waals surface area contributed by atoms with Crippen LogP contribution in [0.25, 0.3) is 0 Å². The van der Waals surface area contributed by atoms with E-state index in [1.165, 1.54) is 25.1 Å². The molecular formula is C8H8N2O4. The molecule has 0 saturated heterocycles. The number of hydrogen-bond acceptors (Lipinski definition) is 4.